The molecule has 46 heavy (non-hydrogen) atoms. The van der Waals surface area contributed by atoms with Gasteiger partial charge in [-0.2, -0.15) is 127 Å². The van der Waals surface area contributed by atoms with Crippen molar-refractivity contribution in [1.82, 2.24) is 0 Å². The Kier molecular flexibility index (Phi) is 10.3. The van der Waals surface area contributed by atoms with Gasteiger partial charge in [-0.05, 0) is 0 Å². The van der Waals surface area contributed by atoms with Gasteiger partial charge < -0.3 is 0 Å². The predicted octanol–water partition coefficient (Wildman–Crippen LogP) is 8.45. The molecule has 0 fully saturated rings. The summed E-state index contributed by atoms with van der Waals surface area (Å²) in [4.78, 5) is 0. The Morgan fingerprint density at radius 1 is 0.326 bits per heavy atom. The molecule has 0 rings (SSSR count). The summed E-state index contributed by atoms with van der Waals surface area (Å²) in [5.41, 5.74) is 0. The summed E-state index contributed by atoms with van der Waals surface area (Å²) >= 11 is 0. The van der Waals surface area contributed by atoms with Gasteiger partial charge in [0.2, 0.25) is 0 Å². The third kappa shape index (κ3) is 5.54. The third-order valence-electron chi connectivity index (χ3n) is 5.43. The molecule has 278 valence electrons. The minimum Gasteiger partial charge on any atom is -0.286 e. The maximum atomic E-state index is 13.7. The van der Waals surface area contributed by atoms with Crippen molar-refractivity contribution < 1.29 is 132 Å². The highest BCUT2D eigenvalue weighted by Gasteiger charge is 3.00. The first-order valence-electron chi connectivity index (χ1n) is 9.76. The third-order valence-corrected chi connectivity index (χ3v) is 6.15. The van der Waals surface area contributed by atoms with Crippen molar-refractivity contribution >= 4 is 10.1 Å². The van der Waals surface area contributed by atoms with Crippen molar-refractivity contribution in [2.24, 2.45) is 0 Å². The van der Waals surface area contributed by atoms with E-state index < -0.39 is 99.5 Å². The lowest BCUT2D eigenvalue weighted by atomic mass is 9.84. The van der Waals surface area contributed by atoms with Gasteiger partial charge in [-0.3, -0.25) is 4.55 Å². The Bertz CT molecular complexity index is 1230. The Morgan fingerprint density at radius 3 is 0.674 bits per heavy atom. The molecule has 0 saturated carbocycles. The van der Waals surface area contributed by atoms with Gasteiger partial charge in [0.1, 0.15) is 0 Å². The van der Waals surface area contributed by atoms with Crippen LogP contribution in [0.25, 0.3) is 0 Å². The molecular formula is C15H5F27O3S. The van der Waals surface area contributed by atoms with E-state index in [0.29, 0.717) is 0 Å². The van der Waals surface area contributed by atoms with Gasteiger partial charge in [-0.25, -0.2) is 0 Å². The average molecular weight is 778 g/mol. The number of hydrogen-bond donors (Lipinski definition) is 1. The topological polar surface area (TPSA) is 54.4 Å². The number of hydrogen-bond acceptors (Lipinski definition) is 2. The minimum absolute atomic E-state index is 2.92. The summed E-state index contributed by atoms with van der Waals surface area (Å²) in [5, 5.41) is 0. The second-order valence-electron chi connectivity index (χ2n) is 8.56. The Labute approximate surface area is 232 Å². The molecule has 0 saturated heterocycles. The van der Waals surface area contributed by atoms with Crippen LogP contribution in [0, 0.1) is 0 Å². The molecule has 0 aromatic carbocycles. The highest BCUT2D eigenvalue weighted by molar-refractivity contribution is 7.85. The Hall–Kier alpha value is -1.98. The van der Waals surface area contributed by atoms with Crippen LogP contribution in [-0.4, -0.2) is 96.0 Å². The van der Waals surface area contributed by atoms with Crippen LogP contribution in [0.2, 0.25) is 0 Å². The molecule has 0 heterocycles. The van der Waals surface area contributed by atoms with Crippen LogP contribution in [0.3, 0.4) is 0 Å². The van der Waals surface area contributed by atoms with Crippen molar-refractivity contribution in [3.05, 3.63) is 0 Å². The first-order chi connectivity index (χ1) is 19.2. The maximum absolute atomic E-state index is 13.7. The number of alkyl halides is 27. The smallest absolute Gasteiger partial charge is 0.286 e. The van der Waals surface area contributed by atoms with Crippen LogP contribution in [0.5, 0.6) is 0 Å². The summed E-state index contributed by atoms with van der Waals surface area (Å²) in [5.74, 6) is -114. The fraction of sp³-hybridized carbons (Fsp3) is 1.00. The highest BCUT2D eigenvalue weighted by atomic mass is 32.2. The second-order valence-corrected chi connectivity index (χ2v) is 10.1. The van der Waals surface area contributed by atoms with E-state index in [1.165, 1.54) is 0 Å². The molecular weight excluding hydrogens is 773 g/mol. The molecule has 0 radical (unpaired) electrons. The maximum Gasteiger partial charge on any atom is 0.460 e. The van der Waals surface area contributed by atoms with Gasteiger partial charge in [-0.1, -0.05) is 0 Å². The fourth-order valence-corrected chi connectivity index (χ4v) is 3.11. The van der Waals surface area contributed by atoms with Crippen LogP contribution in [0.1, 0.15) is 6.42 Å². The minimum atomic E-state index is -9.86. The molecule has 0 aliphatic rings. The summed E-state index contributed by atoms with van der Waals surface area (Å²) in [7, 11) is -6.03. The van der Waals surface area contributed by atoms with Crippen molar-refractivity contribution in [2.45, 2.75) is 83.7 Å². The second kappa shape index (κ2) is 10.8. The molecule has 0 aromatic heterocycles. The van der Waals surface area contributed by atoms with E-state index in [4.69, 9.17) is 4.55 Å². The largest absolute Gasteiger partial charge is 0.460 e. The van der Waals surface area contributed by atoms with E-state index in [-0.39, 0.29) is 0 Å². The number of rotatable bonds is 14. The van der Waals surface area contributed by atoms with Gasteiger partial charge in [-0.15, -0.1) is 0 Å². The molecule has 0 bridgehead atoms. The van der Waals surface area contributed by atoms with Crippen LogP contribution >= 0.6 is 0 Å². The molecule has 0 spiro atoms. The van der Waals surface area contributed by atoms with Crippen LogP contribution in [0.4, 0.5) is 119 Å². The van der Waals surface area contributed by atoms with E-state index in [2.05, 4.69) is 0 Å². The van der Waals surface area contributed by atoms with Crippen LogP contribution in [-0.2, 0) is 10.1 Å². The van der Waals surface area contributed by atoms with Crippen molar-refractivity contribution in [1.29, 1.82) is 0 Å². The monoisotopic (exact) mass is 778 g/mol. The zero-order valence-corrected chi connectivity index (χ0v) is 20.6. The molecule has 0 aromatic rings. The standard InChI is InChI=1S/C15H5F27O3S/c16-3(17,1-2-46(43,44)45)4(18,19)5(20,21)6(22,23)7(24,25)8(26,27)9(28,29)10(30,31)11(32,33)12(34,35)13(36,37)14(38,39)15(40,41)42/h1-2H2,(H,43,44,45). The first-order valence-corrected chi connectivity index (χ1v) is 11.4. The Balaban J connectivity index is 7.41. The number of halogens is 27. The van der Waals surface area contributed by atoms with E-state index in [1.807, 2.05) is 0 Å². The highest BCUT2D eigenvalue weighted by Crippen LogP contribution is 2.68. The molecule has 31 heteroatoms. The quantitative estimate of drug-likeness (QED) is 0.142. The molecule has 0 aliphatic carbocycles. The average Bonchev–Trinajstić information content (AvgIpc) is 2.80. The van der Waals surface area contributed by atoms with Crippen molar-refractivity contribution in [3.63, 3.8) is 0 Å². The van der Waals surface area contributed by atoms with Gasteiger partial charge >= 0.3 is 77.2 Å². The summed E-state index contributed by atoms with van der Waals surface area (Å²) in [6.45, 7) is 0. The molecule has 3 nitrogen and oxygen atoms in total. The lowest BCUT2D eigenvalue weighted by molar-refractivity contribution is -0.485. The fourth-order valence-electron chi connectivity index (χ4n) is 2.60. The van der Waals surface area contributed by atoms with Crippen molar-refractivity contribution in [2.75, 3.05) is 5.75 Å². The predicted molar refractivity (Wildman–Crippen MR) is 86.5 cm³/mol. The van der Waals surface area contributed by atoms with E-state index in [0.717, 1.165) is 0 Å². The Morgan fingerprint density at radius 2 is 0.500 bits per heavy atom. The zero-order valence-electron chi connectivity index (χ0n) is 19.8. The van der Waals surface area contributed by atoms with Crippen LogP contribution < -0.4 is 0 Å². The first kappa shape index (κ1) is 44.0. The van der Waals surface area contributed by atoms with Gasteiger partial charge in [0.15, 0.2) is 0 Å². The van der Waals surface area contributed by atoms with Gasteiger partial charge in [0.25, 0.3) is 10.1 Å². The normalized spacial score (nSPS) is 17.0. The summed E-state index contributed by atoms with van der Waals surface area (Å²) in [6.07, 6.45) is -11.9. The molecule has 0 aliphatic heterocycles. The summed E-state index contributed by atoms with van der Waals surface area (Å²) in [6, 6.07) is 0. The van der Waals surface area contributed by atoms with Crippen molar-refractivity contribution in [3.8, 4) is 0 Å². The molecule has 0 amide bonds. The molecule has 0 atom stereocenters. The SMILES string of the molecule is O=S(=O)(O)CCC(F)(F)C(F)(F)C(F)(F)C(F)(F)C(F)(F)C(F)(F)C(F)(F)C(F)(F)C(F)(F)C(F)(F)C(F)(F)C(F)(F)C(F)(F)F. The lowest BCUT2D eigenvalue weighted by Gasteiger charge is -2.46. The summed E-state index contributed by atoms with van der Waals surface area (Å²) < 4.78 is 388. The van der Waals surface area contributed by atoms with Crippen LogP contribution in [0.15, 0.2) is 0 Å². The van der Waals surface area contributed by atoms with E-state index in [1.54, 1.807) is 0 Å². The van der Waals surface area contributed by atoms with E-state index in [9.17, 15) is 127 Å². The zero-order chi connectivity index (χ0) is 38.4. The van der Waals surface area contributed by atoms with Gasteiger partial charge in [0.05, 0.1) is 5.75 Å². The van der Waals surface area contributed by atoms with E-state index >= 15 is 0 Å². The lowest BCUT2D eigenvalue weighted by Crippen LogP contribution is -2.78. The molecule has 1 N–H and O–H groups in total. The molecule has 0 unspecified atom stereocenters. The van der Waals surface area contributed by atoms with Gasteiger partial charge in [0, 0.05) is 6.42 Å².